The summed E-state index contributed by atoms with van der Waals surface area (Å²) in [5.41, 5.74) is 12.5. The molecule has 6 heteroatoms. The molecule has 1 amide bonds. The number of aromatic nitrogens is 2. The molecule has 1 aromatic heterocycles. The predicted octanol–water partition coefficient (Wildman–Crippen LogP) is 1.34. The zero-order valence-corrected chi connectivity index (χ0v) is 10.8. The number of primary amides is 1. The first-order valence-corrected chi connectivity index (χ1v) is 5.90. The van der Waals surface area contributed by atoms with Gasteiger partial charge in [0.05, 0.1) is 11.8 Å². The van der Waals surface area contributed by atoms with Crippen LogP contribution in [-0.4, -0.2) is 21.8 Å². The highest BCUT2D eigenvalue weighted by atomic mass is 16.5. The second-order valence-corrected chi connectivity index (χ2v) is 4.37. The molecule has 0 fully saturated rings. The van der Waals surface area contributed by atoms with Crippen LogP contribution in [0.3, 0.4) is 0 Å². The van der Waals surface area contributed by atoms with Crippen LogP contribution in [0.2, 0.25) is 0 Å². The highest BCUT2D eigenvalue weighted by Crippen LogP contribution is 2.28. The topological polar surface area (TPSA) is 96.2 Å². The number of carbonyl (C=O) groups is 1. The highest BCUT2D eigenvalue weighted by molar-refractivity contribution is 5.90. The monoisotopic (exact) mass is 260 g/mol. The second kappa shape index (κ2) is 5.01. The van der Waals surface area contributed by atoms with Crippen LogP contribution in [0.15, 0.2) is 30.5 Å². The van der Waals surface area contributed by atoms with E-state index < -0.39 is 5.91 Å². The Balaban J connectivity index is 2.41. The Hall–Kier alpha value is -2.50. The largest absolute Gasteiger partial charge is 0.489 e. The van der Waals surface area contributed by atoms with E-state index in [0.717, 1.165) is 0 Å². The number of nitrogen functional groups attached to an aromatic ring is 1. The van der Waals surface area contributed by atoms with Crippen molar-refractivity contribution in [1.29, 1.82) is 0 Å². The molecule has 0 aliphatic heterocycles. The maximum atomic E-state index is 11.0. The quantitative estimate of drug-likeness (QED) is 0.811. The van der Waals surface area contributed by atoms with Crippen molar-refractivity contribution in [3.05, 3.63) is 36.2 Å². The van der Waals surface area contributed by atoms with Gasteiger partial charge in [-0.1, -0.05) is 6.07 Å². The molecule has 100 valence electrons. The Bertz CT molecular complexity index is 604. The lowest BCUT2D eigenvalue weighted by Gasteiger charge is -2.14. The SMILES string of the molecule is CC(C)Oc1cccc(-n2ccc(C(N)=O)n2)c1N. The lowest BCUT2D eigenvalue weighted by Crippen LogP contribution is -2.13. The Labute approximate surface area is 111 Å². The fourth-order valence-electron chi connectivity index (χ4n) is 1.68. The zero-order valence-electron chi connectivity index (χ0n) is 10.8. The Morgan fingerprint density at radius 3 is 2.68 bits per heavy atom. The van der Waals surface area contributed by atoms with E-state index in [2.05, 4.69) is 5.10 Å². The molecule has 1 heterocycles. The number of nitrogens with two attached hydrogens (primary N) is 2. The summed E-state index contributed by atoms with van der Waals surface area (Å²) < 4.78 is 7.11. The van der Waals surface area contributed by atoms with Crippen molar-refractivity contribution in [1.82, 2.24) is 9.78 Å². The molecule has 4 N–H and O–H groups in total. The molecule has 0 saturated heterocycles. The van der Waals surface area contributed by atoms with Crippen molar-refractivity contribution >= 4 is 11.6 Å². The lowest BCUT2D eigenvalue weighted by molar-refractivity contribution is 0.0995. The van der Waals surface area contributed by atoms with Gasteiger partial charge in [0.1, 0.15) is 17.1 Å². The van der Waals surface area contributed by atoms with Gasteiger partial charge >= 0.3 is 0 Å². The minimum atomic E-state index is -0.577. The van der Waals surface area contributed by atoms with E-state index in [1.165, 1.54) is 10.7 Å². The average molecular weight is 260 g/mol. The maximum Gasteiger partial charge on any atom is 0.269 e. The third-order valence-corrected chi connectivity index (χ3v) is 2.49. The Morgan fingerprint density at radius 2 is 2.11 bits per heavy atom. The molecule has 0 aliphatic rings. The van der Waals surface area contributed by atoms with Crippen LogP contribution in [0, 0.1) is 0 Å². The molecule has 2 aromatic rings. The van der Waals surface area contributed by atoms with Gasteiger partial charge in [0.2, 0.25) is 0 Å². The summed E-state index contributed by atoms with van der Waals surface area (Å²) in [6.07, 6.45) is 1.65. The third kappa shape index (κ3) is 2.67. The number of ether oxygens (including phenoxy) is 1. The number of nitrogens with zero attached hydrogens (tertiary/aromatic N) is 2. The van der Waals surface area contributed by atoms with Crippen molar-refractivity contribution in [3.63, 3.8) is 0 Å². The molecule has 0 aliphatic carbocycles. The zero-order chi connectivity index (χ0) is 14.0. The number of hydrogen-bond acceptors (Lipinski definition) is 4. The predicted molar refractivity (Wildman–Crippen MR) is 72.3 cm³/mol. The lowest BCUT2D eigenvalue weighted by atomic mass is 10.2. The summed E-state index contributed by atoms with van der Waals surface area (Å²) in [6, 6.07) is 6.93. The molecular weight excluding hydrogens is 244 g/mol. The van der Waals surface area contributed by atoms with E-state index in [1.54, 1.807) is 18.3 Å². The minimum Gasteiger partial charge on any atom is -0.489 e. The molecule has 2 rings (SSSR count). The third-order valence-electron chi connectivity index (χ3n) is 2.49. The summed E-state index contributed by atoms with van der Waals surface area (Å²) >= 11 is 0. The van der Waals surface area contributed by atoms with E-state index in [0.29, 0.717) is 17.1 Å². The Morgan fingerprint density at radius 1 is 1.37 bits per heavy atom. The van der Waals surface area contributed by atoms with Gasteiger partial charge < -0.3 is 16.2 Å². The van der Waals surface area contributed by atoms with Gasteiger partial charge in [0.15, 0.2) is 0 Å². The van der Waals surface area contributed by atoms with Crippen LogP contribution in [0.25, 0.3) is 5.69 Å². The van der Waals surface area contributed by atoms with Crippen LogP contribution < -0.4 is 16.2 Å². The summed E-state index contributed by atoms with van der Waals surface area (Å²) in [5, 5.41) is 4.07. The number of hydrogen-bond donors (Lipinski definition) is 2. The van der Waals surface area contributed by atoms with Crippen molar-refractivity contribution in [2.24, 2.45) is 5.73 Å². The van der Waals surface area contributed by atoms with Gasteiger partial charge in [-0.25, -0.2) is 4.68 Å². The van der Waals surface area contributed by atoms with Crippen LogP contribution in [0.5, 0.6) is 5.75 Å². The number of benzene rings is 1. The number of para-hydroxylation sites is 1. The molecule has 0 spiro atoms. The summed E-state index contributed by atoms with van der Waals surface area (Å²) in [4.78, 5) is 11.0. The summed E-state index contributed by atoms with van der Waals surface area (Å²) in [5.74, 6) is 0.00975. The summed E-state index contributed by atoms with van der Waals surface area (Å²) in [7, 11) is 0. The average Bonchev–Trinajstić information content (AvgIpc) is 2.80. The van der Waals surface area contributed by atoms with Crippen LogP contribution >= 0.6 is 0 Å². The number of anilines is 1. The molecular formula is C13H16N4O2. The first-order chi connectivity index (χ1) is 8.99. The van der Waals surface area contributed by atoms with Gasteiger partial charge in [-0.2, -0.15) is 5.10 Å². The van der Waals surface area contributed by atoms with E-state index >= 15 is 0 Å². The van der Waals surface area contributed by atoms with Crippen molar-refractivity contribution in [2.75, 3.05) is 5.73 Å². The second-order valence-electron chi connectivity index (χ2n) is 4.37. The van der Waals surface area contributed by atoms with Crippen molar-refractivity contribution in [2.45, 2.75) is 20.0 Å². The molecule has 19 heavy (non-hydrogen) atoms. The number of rotatable bonds is 4. The first kappa shape index (κ1) is 12.9. The van der Waals surface area contributed by atoms with Crippen molar-refractivity contribution in [3.8, 4) is 11.4 Å². The standard InChI is InChI=1S/C13H16N4O2/c1-8(2)19-11-5-3-4-10(12(11)14)17-7-6-9(16-17)13(15)18/h3-8H,14H2,1-2H3,(H2,15,18). The van der Waals surface area contributed by atoms with Gasteiger partial charge in [0.25, 0.3) is 5.91 Å². The fraction of sp³-hybridized carbons (Fsp3) is 0.231. The van der Waals surface area contributed by atoms with E-state index in [9.17, 15) is 4.79 Å². The molecule has 0 atom stereocenters. The summed E-state index contributed by atoms with van der Waals surface area (Å²) in [6.45, 7) is 3.84. The van der Waals surface area contributed by atoms with E-state index in [-0.39, 0.29) is 11.8 Å². The minimum absolute atomic E-state index is 0.0244. The van der Waals surface area contributed by atoms with Gasteiger partial charge in [-0.3, -0.25) is 4.79 Å². The molecule has 0 bridgehead atoms. The maximum absolute atomic E-state index is 11.0. The van der Waals surface area contributed by atoms with Gasteiger partial charge in [0, 0.05) is 6.20 Å². The van der Waals surface area contributed by atoms with E-state index in [1.807, 2.05) is 19.9 Å². The van der Waals surface area contributed by atoms with Gasteiger partial charge in [-0.15, -0.1) is 0 Å². The highest BCUT2D eigenvalue weighted by Gasteiger charge is 2.11. The number of carbonyl (C=O) groups excluding carboxylic acids is 1. The molecule has 1 aromatic carbocycles. The fourth-order valence-corrected chi connectivity index (χ4v) is 1.68. The van der Waals surface area contributed by atoms with E-state index in [4.69, 9.17) is 16.2 Å². The molecule has 6 nitrogen and oxygen atoms in total. The normalized spacial score (nSPS) is 10.7. The van der Waals surface area contributed by atoms with Crippen LogP contribution in [0.1, 0.15) is 24.3 Å². The van der Waals surface area contributed by atoms with Crippen LogP contribution in [0.4, 0.5) is 5.69 Å². The smallest absolute Gasteiger partial charge is 0.269 e. The van der Waals surface area contributed by atoms with Gasteiger partial charge in [-0.05, 0) is 32.0 Å². The first-order valence-electron chi connectivity index (χ1n) is 5.90. The van der Waals surface area contributed by atoms with Crippen molar-refractivity contribution < 1.29 is 9.53 Å². The number of amides is 1. The Kier molecular flexibility index (Phi) is 3.41. The molecule has 0 radical (unpaired) electrons. The molecule has 0 saturated carbocycles. The molecule has 0 unspecified atom stereocenters. The van der Waals surface area contributed by atoms with Crippen LogP contribution in [-0.2, 0) is 0 Å².